The Labute approximate surface area is 173 Å². The molecule has 1 amide bonds. The highest BCUT2D eigenvalue weighted by Crippen LogP contribution is 2.41. The van der Waals surface area contributed by atoms with Gasteiger partial charge in [0, 0.05) is 18.3 Å². The summed E-state index contributed by atoms with van der Waals surface area (Å²) in [5.74, 6) is -1.92. The van der Waals surface area contributed by atoms with Crippen LogP contribution >= 0.6 is 0 Å². The average Bonchev–Trinajstić information content (AvgIpc) is 3.09. The van der Waals surface area contributed by atoms with Gasteiger partial charge in [-0.2, -0.15) is 18.3 Å². The van der Waals surface area contributed by atoms with Gasteiger partial charge in [0.05, 0.1) is 28.7 Å². The molecule has 0 radical (unpaired) electrons. The summed E-state index contributed by atoms with van der Waals surface area (Å²) in [6.45, 7) is 7.64. The number of rotatable bonds is 5. The molecule has 1 aliphatic carbocycles. The van der Waals surface area contributed by atoms with Crippen LogP contribution in [0, 0.1) is 5.92 Å². The topological polar surface area (TPSA) is 80.0 Å². The van der Waals surface area contributed by atoms with Crippen molar-refractivity contribution in [3.8, 4) is 0 Å². The van der Waals surface area contributed by atoms with Gasteiger partial charge in [-0.25, -0.2) is 9.67 Å². The molecule has 2 N–H and O–H groups in total. The molecule has 2 heterocycles. The summed E-state index contributed by atoms with van der Waals surface area (Å²) in [4.78, 5) is 17.6. The van der Waals surface area contributed by atoms with Gasteiger partial charge >= 0.3 is 6.18 Å². The first kappa shape index (κ1) is 22.5. The molecule has 2 aromatic heterocycles. The number of pyridine rings is 1. The number of carbonyl (C=O) groups excluding carboxylic acids is 1. The minimum absolute atomic E-state index is 0.0108. The quantitative estimate of drug-likeness (QED) is 0.745. The van der Waals surface area contributed by atoms with Crippen molar-refractivity contribution in [1.82, 2.24) is 20.1 Å². The first-order valence-electron chi connectivity index (χ1n) is 10.4. The maximum absolute atomic E-state index is 13.1. The fourth-order valence-electron chi connectivity index (χ4n) is 4.02. The predicted molar refractivity (Wildman–Crippen MR) is 107 cm³/mol. The van der Waals surface area contributed by atoms with Gasteiger partial charge in [-0.15, -0.1) is 0 Å². The highest BCUT2D eigenvalue weighted by Gasteiger charge is 2.47. The van der Waals surface area contributed by atoms with E-state index in [9.17, 15) is 23.1 Å². The van der Waals surface area contributed by atoms with E-state index in [4.69, 9.17) is 0 Å². The Hall–Kier alpha value is -2.16. The molecule has 1 fully saturated rings. The van der Waals surface area contributed by atoms with E-state index in [-0.39, 0.29) is 37.8 Å². The molecular weight excluding hydrogens is 397 g/mol. The van der Waals surface area contributed by atoms with E-state index >= 15 is 0 Å². The van der Waals surface area contributed by atoms with Crippen LogP contribution in [0.5, 0.6) is 0 Å². The molecule has 1 saturated carbocycles. The number of hydrogen-bond donors (Lipinski definition) is 2. The van der Waals surface area contributed by atoms with Crippen molar-refractivity contribution in [3.63, 3.8) is 0 Å². The van der Waals surface area contributed by atoms with E-state index < -0.39 is 30.0 Å². The number of aliphatic hydroxyl groups is 1. The van der Waals surface area contributed by atoms with E-state index in [1.165, 1.54) is 0 Å². The fourth-order valence-corrected chi connectivity index (χ4v) is 4.02. The first-order chi connectivity index (χ1) is 13.9. The van der Waals surface area contributed by atoms with Gasteiger partial charge in [0.2, 0.25) is 0 Å². The Kier molecular flexibility index (Phi) is 6.13. The van der Waals surface area contributed by atoms with Crippen molar-refractivity contribution in [1.29, 1.82) is 0 Å². The summed E-state index contributed by atoms with van der Waals surface area (Å²) in [7, 11) is 0. The number of hydrogen-bond acceptors (Lipinski definition) is 4. The molecule has 166 valence electrons. The SMILES string of the molecule is CC(C)c1cc(C(=O)NC[C@@]2(O)CCC[C@@H](C(F)(F)F)C2)c2cnn(C(C)C)c2n1. The Morgan fingerprint density at radius 3 is 2.67 bits per heavy atom. The third kappa shape index (κ3) is 4.61. The Balaban J connectivity index is 1.85. The molecule has 9 heteroatoms. The molecule has 1 aliphatic rings. The normalized spacial score (nSPS) is 22.8. The maximum atomic E-state index is 13.1. The van der Waals surface area contributed by atoms with Crippen molar-refractivity contribution < 1.29 is 23.1 Å². The molecular formula is C21H29F3N4O2. The van der Waals surface area contributed by atoms with E-state index in [0.717, 1.165) is 5.69 Å². The number of alkyl halides is 3. The number of amides is 1. The second kappa shape index (κ2) is 8.17. The lowest BCUT2D eigenvalue weighted by Gasteiger charge is -2.37. The largest absolute Gasteiger partial charge is 0.391 e. The lowest BCUT2D eigenvalue weighted by molar-refractivity contribution is -0.199. The number of nitrogens with one attached hydrogen (secondary N) is 1. The highest BCUT2D eigenvalue weighted by molar-refractivity contribution is 6.05. The predicted octanol–water partition coefficient (Wildman–Crippen LogP) is 4.35. The zero-order chi connectivity index (χ0) is 22.3. The van der Waals surface area contributed by atoms with Crippen molar-refractivity contribution in [2.45, 2.75) is 77.1 Å². The van der Waals surface area contributed by atoms with Gasteiger partial charge in [-0.3, -0.25) is 4.79 Å². The van der Waals surface area contributed by atoms with Crippen LogP contribution in [0.2, 0.25) is 0 Å². The van der Waals surface area contributed by atoms with Crippen molar-refractivity contribution in [3.05, 3.63) is 23.5 Å². The van der Waals surface area contributed by atoms with Gasteiger partial charge in [0.15, 0.2) is 5.65 Å². The van der Waals surface area contributed by atoms with Crippen molar-refractivity contribution in [2.75, 3.05) is 6.54 Å². The third-order valence-corrected chi connectivity index (χ3v) is 5.77. The second-order valence-corrected chi connectivity index (χ2v) is 8.91. The first-order valence-corrected chi connectivity index (χ1v) is 10.4. The third-order valence-electron chi connectivity index (χ3n) is 5.77. The molecule has 3 rings (SSSR count). The molecule has 0 aliphatic heterocycles. The number of nitrogens with zero attached hydrogens (tertiary/aromatic N) is 3. The monoisotopic (exact) mass is 426 g/mol. The molecule has 2 atom stereocenters. The molecule has 6 nitrogen and oxygen atoms in total. The molecule has 0 bridgehead atoms. The second-order valence-electron chi connectivity index (χ2n) is 8.91. The van der Waals surface area contributed by atoms with E-state index in [2.05, 4.69) is 15.4 Å². The zero-order valence-electron chi connectivity index (χ0n) is 17.8. The van der Waals surface area contributed by atoms with Gasteiger partial charge in [0.25, 0.3) is 5.91 Å². The summed E-state index contributed by atoms with van der Waals surface area (Å²) in [5.41, 5.74) is 0.115. The Morgan fingerprint density at radius 1 is 1.37 bits per heavy atom. The van der Waals surface area contributed by atoms with Crippen LogP contribution in [0.15, 0.2) is 12.3 Å². The average molecular weight is 426 g/mol. The highest BCUT2D eigenvalue weighted by atomic mass is 19.4. The molecule has 0 unspecified atom stereocenters. The zero-order valence-corrected chi connectivity index (χ0v) is 17.8. The van der Waals surface area contributed by atoms with E-state index in [1.807, 2.05) is 27.7 Å². The minimum Gasteiger partial charge on any atom is -0.388 e. The van der Waals surface area contributed by atoms with Crippen LogP contribution in [-0.2, 0) is 0 Å². The number of aromatic nitrogens is 3. The maximum Gasteiger partial charge on any atom is 0.391 e. The Bertz CT molecular complexity index is 923. The van der Waals surface area contributed by atoms with Crippen molar-refractivity contribution >= 4 is 16.9 Å². The summed E-state index contributed by atoms with van der Waals surface area (Å²) in [6.07, 6.45) is -2.64. The smallest absolute Gasteiger partial charge is 0.388 e. The van der Waals surface area contributed by atoms with Crippen LogP contribution in [-0.4, -0.2) is 44.1 Å². The van der Waals surface area contributed by atoms with Gasteiger partial charge in [0.1, 0.15) is 0 Å². The molecule has 2 aromatic rings. The van der Waals surface area contributed by atoms with Gasteiger partial charge in [-0.1, -0.05) is 13.8 Å². The number of fused-ring (bicyclic) bond motifs is 1. The number of halogens is 3. The molecule has 30 heavy (non-hydrogen) atoms. The van der Waals surface area contributed by atoms with Crippen LogP contribution in [0.25, 0.3) is 11.0 Å². The van der Waals surface area contributed by atoms with Crippen LogP contribution in [0.3, 0.4) is 0 Å². The lowest BCUT2D eigenvalue weighted by atomic mass is 9.77. The standard InChI is InChI=1S/C21H29F3N4O2/c1-12(2)17-8-15(16-10-26-28(13(3)4)18(16)27-17)19(29)25-11-20(30)7-5-6-14(9-20)21(22,23)24/h8,10,12-14,30H,5-7,9,11H2,1-4H3,(H,25,29)/t14-,20-/m1/s1. The molecule has 0 saturated heterocycles. The molecule has 0 aromatic carbocycles. The van der Waals surface area contributed by atoms with Crippen LogP contribution in [0.1, 0.15) is 81.4 Å². The van der Waals surface area contributed by atoms with Gasteiger partial charge in [-0.05, 0) is 51.5 Å². The summed E-state index contributed by atoms with van der Waals surface area (Å²) in [5, 5.41) is 18.3. The number of carbonyl (C=O) groups is 1. The van der Waals surface area contributed by atoms with Gasteiger partial charge < -0.3 is 10.4 Å². The minimum atomic E-state index is -4.34. The summed E-state index contributed by atoms with van der Waals surface area (Å²) in [6, 6.07) is 1.74. The van der Waals surface area contributed by atoms with Crippen LogP contribution < -0.4 is 5.32 Å². The lowest BCUT2D eigenvalue weighted by Crippen LogP contribution is -2.48. The summed E-state index contributed by atoms with van der Waals surface area (Å²) < 4.78 is 41.0. The van der Waals surface area contributed by atoms with E-state index in [1.54, 1.807) is 16.9 Å². The van der Waals surface area contributed by atoms with Crippen LogP contribution in [0.4, 0.5) is 13.2 Å². The summed E-state index contributed by atoms with van der Waals surface area (Å²) >= 11 is 0. The van der Waals surface area contributed by atoms with Crippen molar-refractivity contribution in [2.24, 2.45) is 5.92 Å². The molecule has 0 spiro atoms. The Morgan fingerprint density at radius 2 is 2.07 bits per heavy atom. The van der Waals surface area contributed by atoms with E-state index in [0.29, 0.717) is 16.6 Å². The fraction of sp³-hybridized carbons (Fsp3) is 0.667.